The number of amides is 1. The number of aryl methyl sites for hydroxylation is 1. The summed E-state index contributed by atoms with van der Waals surface area (Å²) in [4.78, 5) is 12.4. The van der Waals surface area contributed by atoms with Crippen LogP contribution in [0.5, 0.6) is 5.75 Å². The van der Waals surface area contributed by atoms with Crippen LogP contribution in [0, 0.1) is 5.92 Å². The lowest BCUT2D eigenvalue weighted by molar-refractivity contribution is -0.122. The molecule has 0 spiro atoms. The van der Waals surface area contributed by atoms with E-state index in [0.717, 1.165) is 22.6 Å². The van der Waals surface area contributed by atoms with Crippen LogP contribution >= 0.6 is 0 Å². The van der Waals surface area contributed by atoms with Gasteiger partial charge in [-0.15, -0.1) is 0 Å². The minimum absolute atomic E-state index is 0.0750. The fourth-order valence-electron chi connectivity index (χ4n) is 2.97. The maximum absolute atomic E-state index is 12.4. The van der Waals surface area contributed by atoms with Crippen molar-refractivity contribution in [3.8, 4) is 5.75 Å². The van der Waals surface area contributed by atoms with Gasteiger partial charge in [0, 0.05) is 12.1 Å². The normalized spacial score (nSPS) is 14.9. The van der Waals surface area contributed by atoms with Crippen molar-refractivity contribution in [1.29, 1.82) is 0 Å². The number of nitrogens with two attached hydrogens (primary N) is 1. The SMILES string of the molecule is COc1ccc(C(NC(=O)CCc2ccccc2N)C2CC2)cc1. The van der Waals surface area contributed by atoms with Gasteiger partial charge in [0.05, 0.1) is 13.2 Å². The third kappa shape index (κ3) is 4.07. The first kappa shape index (κ1) is 16.4. The van der Waals surface area contributed by atoms with Crippen molar-refractivity contribution >= 4 is 11.6 Å². The van der Waals surface area contributed by atoms with Crippen LogP contribution in [0.1, 0.15) is 36.4 Å². The number of nitrogen functional groups attached to an aromatic ring is 1. The van der Waals surface area contributed by atoms with E-state index in [4.69, 9.17) is 10.5 Å². The number of carbonyl (C=O) groups excluding carboxylic acids is 1. The highest BCUT2D eigenvalue weighted by Crippen LogP contribution is 2.41. The Bertz CT molecular complexity index is 693. The molecule has 1 aliphatic carbocycles. The fraction of sp³-hybridized carbons (Fsp3) is 0.350. The number of methoxy groups -OCH3 is 1. The molecule has 0 aliphatic heterocycles. The summed E-state index contributed by atoms with van der Waals surface area (Å²) in [5.41, 5.74) is 8.86. The minimum Gasteiger partial charge on any atom is -0.497 e. The molecule has 1 atom stereocenters. The topological polar surface area (TPSA) is 64.3 Å². The molecule has 1 unspecified atom stereocenters. The summed E-state index contributed by atoms with van der Waals surface area (Å²) in [6.45, 7) is 0. The third-order valence-corrected chi connectivity index (χ3v) is 4.56. The van der Waals surface area contributed by atoms with Crippen molar-refractivity contribution in [3.63, 3.8) is 0 Å². The van der Waals surface area contributed by atoms with Gasteiger partial charge in [-0.2, -0.15) is 0 Å². The van der Waals surface area contributed by atoms with E-state index in [0.29, 0.717) is 18.8 Å². The summed E-state index contributed by atoms with van der Waals surface area (Å²) in [6.07, 6.45) is 3.46. The molecule has 126 valence electrons. The van der Waals surface area contributed by atoms with Gasteiger partial charge < -0.3 is 15.8 Å². The lowest BCUT2D eigenvalue weighted by Gasteiger charge is -2.19. The monoisotopic (exact) mass is 324 g/mol. The van der Waals surface area contributed by atoms with Crippen LogP contribution < -0.4 is 15.8 Å². The second-order valence-electron chi connectivity index (χ2n) is 6.35. The number of para-hydroxylation sites is 1. The van der Waals surface area contributed by atoms with Crippen LogP contribution in [0.15, 0.2) is 48.5 Å². The quantitative estimate of drug-likeness (QED) is 0.766. The van der Waals surface area contributed by atoms with Crippen LogP contribution in [0.2, 0.25) is 0 Å². The standard InChI is InChI=1S/C20H24N2O2/c1-24-17-11-8-16(9-12-17)20(15-6-7-15)22-19(23)13-10-14-4-2-3-5-18(14)21/h2-5,8-9,11-12,15,20H,6-7,10,13,21H2,1H3,(H,22,23). The van der Waals surface area contributed by atoms with Gasteiger partial charge >= 0.3 is 0 Å². The molecule has 4 nitrogen and oxygen atoms in total. The van der Waals surface area contributed by atoms with Crippen molar-refractivity contribution < 1.29 is 9.53 Å². The molecule has 3 N–H and O–H groups in total. The van der Waals surface area contributed by atoms with Crippen molar-refractivity contribution in [2.24, 2.45) is 5.92 Å². The van der Waals surface area contributed by atoms with E-state index in [1.807, 2.05) is 48.5 Å². The number of hydrogen-bond acceptors (Lipinski definition) is 3. The Morgan fingerprint density at radius 2 is 1.92 bits per heavy atom. The third-order valence-electron chi connectivity index (χ3n) is 4.56. The van der Waals surface area contributed by atoms with Crippen molar-refractivity contribution in [1.82, 2.24) is 5.32 Å². The van der Waals surface area contributed by atoms with Gasteiger partial charge in [0.15, 0.2) is 0 Å². The molecule has 1 saturated carbocycles. The van der Waals surface area contributed by atoms with Crippen molar-refractivity contribution in [3.05, 3.63) is 59.7 Å². The van der Waals surface area contributed by atoms with E-state index < -0.39 is 0 Å². The first-order chi connectivity index (χ1) is 11.7. The average Bonchev–Trinajstić information content (AvgIpc) is 3.44. The summed E-state index contributed by atoms with van der Waals surface area (Å²) in [6, 6.07) is 15.8. The number of anilines is 1. The number of ether oxygens (including phenoxy) is 1. The number of nitrogens with one attached hydrogen (secondary N) is 1. The second-order valence-corrected chi connectivity index (χ2v) is 6.35. The molecule has 0 radical (unpaired) electrons. The van der Waals surface area contributed by atoms with Gasteiger partial charge in [-0.25, -0.2) is 0 Å². The van der Waals surface area contributed by atoms with E-state index >= 15 is 0 Å². The molecule has 2 aromatic carbocycles. The summed E-state index contributed by atoms with van der Waals surface area (Å²) < 4.78 is 5.21. The highest BCUT2D eigenvalue weighted by atomic mass is 16.5. The zero-order valence-electron chi connectivity index (χ0n) is 14.0. The van der Waals surface area contributed by atoms with Gasteiger partial charge in [0.1, 0.15) is 5.75 Å². The average molecular weight is 324 g/mol. The molecular formula is C20H24N2O2. The Balaban J connectivity index is 1.61. The zero-order chi connectivity index (χ0) is 16.9. The fourth-order valence-corrected chi connectivity index (χ4v) is 2.97. The van der Waals surface area contributed by atoms with Gasteiger partial charge in [0.2, 0.25) is 5.91 Å². The summed E-state index contributed by atoms with van der Waals surface area (Å²) in [5, 5.41) is 3.20. The molecule has 0 heterocycles. The van der Waals surface area contributed by atoms with E-state index in [1.54, 1.807) is 7.11 Å². The molecule has 4 heteroatoms. The second kappa shape index (κ2) is 7.39. The molecule has 0 saturated heterocycles. The van der Waals surface area contributed by atoms with Crippen LogP contribution in [0.3, 0.4) is 0 Å². The van der Waals surface area contributed by atoms with E-state index in [1.165, 1.54) is 12.8 Å². The highest BCUT2D eigenvalue weighted by Gasteiger charge is 2.33. The number of benzene rings is 2. The highest BCUT2D eigenvalue weighted by molar-refractivity contribution is 5.77. The molecule has 1 fully saturated rings. The maximum atomic E-state index is 12.4. The van der Waals surface area contributed by atoms with Crippen LogP contribution in [-0.2, 0) is 11.2 Å². The molecule has 3 rings (SSSR count). The molecule has 1 aliphatic rings. The molecule has 0 aromatic heterocycles. The number of rotatable bonds is 7. The first-order valence-electron chi connectivity index (χ1n) is 8.44. The van der Waals surface area contributed by atoms with E-state index in [2.05, 4.69) is 5.32 Å². The number of hydrogen-bond donors (Lipinski definition) is 2. The van der Waals surface area contributed by atoms with Crippen molar-refractivity contribution in [2.75, 3.05) is 12.8 Å². The smallest absolute Gasteiger partial charge is 0.220 e. The van der Waals surface area contributed by atoms with Crippen LogP contribution in [0.4, 0.5) is 5.69 Å². The Morgan fingerprint density at radius 3 is 2.54 bits per heavy atom. The van der Waals surface area contributed by atoms with E-state index in [9.17, 15) is 4.79 Å². The summed E-state index contributed by atoms with van der Waals surface area (Å²) in [7, 11) is 1.66. The minimum atomic E-state index is 0.0750. The summed E-state index contributed by atoms with van der Waals surface area (Å²) in [5.74, 6) is 1.45. The van der Waals surface area contributed by atoms with E-state index in [-0.39, 0.29) is 11.9 Å². The van der Waals surface area contributed by atoms with Crippen LogP contribution in [-0.4, -0.2) is 13.0 Å². The molecule has 1 amide bonds. The maximum Gasteiger partial charge on any atom is 0.220 e. The molecular weight excluding hydrogens is 300 g/mol. The van der Waals surface area contributed by atoms with Gasteiger partial charge in [-0.05, 0) is 54.5 Å². The Morgan fingerprint density at radius 1 is 1.21 bits per heavy atom. The lowest BCUT2D eigenvalue weighted by Crippen LogP contribution is -2.30. The lowest BCUT2D eigenvalue weighted by atomic mass is 10.0. The molecule has 24 heavy (non-hydrogen) atoms. The Hall–Kier alpha value is -2.49. The largest absolute Gasteiger partial charge is 0.497 e. The number of carbonyl (C=O) groups is 1. The zero-order valence-corrected chi connectivity index (χ0v) is 14.0. The molecule has 0 bridgehead atoms. The Labute approximate surface area is 143 Å². The van der Waals surface area contributed by atoms with Crippen molar-refractivity contribution in [2.45, 2.75) is 31.7 Å². The molecule has 2 aromatic rings. The van der Waals surface area contributed by atoms with Crippen LogP contribution in [0.25, 0.3) is 0 Å². The Kier molecular flexibility index (Phi) is 5.04. The predicted molar refractivity (Wildman–Crippen MR) is 95.8 cm³/mol. The first-order valence-corrected chi connectivity index (χ1v) is 8.44. The van der Waals surface area contributed by atoms with Gasteiger partial charge in [-0.3, -0.25) is 4.79 Å². The van der Waals surface area contributed by atoms with Gasteiger partial charge in [-0.1, -0.05) is 30.3 Å². The predicted octanol–water partition coefficient (Wildman–Crippen LogP) is 3.48. The summed E-state index contributed by atoms with van der Waals surface area (Å²) >= 11 is 0. The van der Waals surface area contributed by atoms with Gasteiger partial charge in [0.25, 0.3) is 0 Å².